The second-order valence-electron chi connectivity index (χ2n) is 13.0. The van der Waals surface area contributed by atoms with Crippen LogP contribution in [0.25, 0.3) is 11.1 Å². The first-order valence-electron chi connectivity index (χ1n) is 15.5. The van der Waals surface area contributed by atoms with Gasteiger partial charge in [-0.05, 0) is 76.6 Å². The Balaban J connectivity index is 1.31. The molecule has 0 spiro atoms. The fourth-order valence-electron chi connectivity index (χ4n) is 4.80. The van der Waals surface area contributed by atoms with E-state index in [-0.39, 0.29) is 19.1 Å². The molecule has 3 N–H and O–H groups in total. The Morgan fingerprint density at radius 1 is 0.804 bits per heavy atom. The molecule has 0 aliphatic heterocycles. The van der Waals surface area contributed by atoms with Crippen LogP contribution in [0.15, 0.2) is 48.5 Å². The predicted molar refractivity (Wildman–Crippen MR) is 172 cm³/mol. The number of benzene rings is 2. The molecule has 0 radical (unpaired) electrons. The lowest BCUT2D eigenvalue weighted by Crippen LogP contribution is -2.48. The standard InChI is InChI=1S/C33H47N2O10P/c1-32(2,3)44-29(36)28(35-31(38)45-33(4,5)6)22-43-46(39,40)42-20-14-8-7-13-19-34-30(37)41-21-27-25-17-11-9-15-23(25)24-16-10-12-18-26(24)27/h9-12,15-18,27-28H,7-8,13-14,19-22H2,1-6H3,(H,34,37)(H,35,38)(H,39,40). The molecule has 2 atom stereocenters. The van der Waals surface area contributed by atoms with Gasteiger partial charge in [0.05, 0.1) is 13.2 Å². The Labute approximate surface area is 271 Å². The molecule has 254 valence electrons. The minimum atomic E-state index is -4.53. The van der Waals surface area contributed by atoms with Gasteiger partial charge >= 0.3 is 26.0 Å². The fourth-order valence-corrected chi connectivity index (χ4v) is 5.57. The van der Waals surface area contributed by atoms with E-state index in [1.807, 2.05) is 24.3 Å². The van der Waals surface area contributed by atoms with Crippen molar-refractivity contribution in [1.82, 2.24) is 10.6 Å². The zero-order valence-electron chi connectivity index (χ0n) is 27.5. The highest BCUT2D eigenvalue weighted by molar-refractivity contribution is 7.47. The number of hydrogen-bond donors (Lipinski definition) is 3. The molecule has 2 aromatic carbocycles. The number of carbonyl (C=O) groups is 3. The van der Waals surface area contributed by atoms with E-state index in [1.165, 1.54) is 11.1 Å². The van der Waals surface area contributed by atoms with Gasteiger partial charge in [-0.25, -0.2) is 18.9 Å². The molecule has 12 nitrogen and oxygen atoms in total. The van der Waals surface area contributed by atoms with Gasteiger partial charge in [-0.1, -0.05) is 61.4 Å². The van der Waals surface area contributed by atoms with Crippen molar-refractivity contribution in [1.29, 1.82) is 0 Å². The number of phosphoric ester groups is 1. The second-order valence-corrected chi connectivity index (χ2v) is 14.4. The highest BCUT2D eigenvalue weighted by atomic mass is 31.2. The smallest absolute Gasteiger partial charge is 0.458 e. The lowest BCUT2D eigenvalue weighted by Gasteiger charge is -2.26. The summed E-state index contributed by atoms with van der Waals surface area (Å²) in [5.41, 5.74) is 2.94. The van der Waals surface area contributed by atoms with Crippen LogP contribution < -0.4 is 10.6 Å². The minimum Gasteiger partial charge on any atom is -0.458 e. The van der Waals surface area contributed by atoms with Crippen LogP contribution in [-0.2, 0) is 32.6 Å². The second kappa shape index (κ2) is 16.4. The number of nitrogens with one attached hydrogen (secondary N) is 2. The first-order chi connectivity index (χ1) is 21.5. The van der Waals surface area contributed by atoms with Gasteiger partial charge < -0.3 is 29.7 Å². The topological polar surface area (TPSA) is 159 Å². The number of rotatable bonds is 15. The number of ether oxygens (including phenoxy) is 3. The lowest BCUT2D eigenvalue weighted by atomic mass is 9.98. The first kappa shape index (κ1) is 37.0. The van der Waals surface area contributed by atoms with Gasteiger partial charge in [0.1, 0.15) is 17.8 Å². The van der Waals surface area contributed by atoms with Crippen LogP contribution in [0.3, 0.4) is 0 Å². The zero-order valence-corrected chi connectivity index (χ0v) is 28.4. The van der Waals surface area contributed by atoms with Gasteiger partial charge in [-0.15, -0.1) is 0 Å². The SMILES string of the molecule is CC(C)(C)OC(=O)NC(COP(=O)(O)OCCCCCCNC(=O)OCC1c2ccccc2-c2ccccc21)C(=O)OC(C)(C)C. The fraction of sp³-hybridized carbons (Fsp3) is 0.545. The molecular formula is C33H47N2O10P. The Kier molecular flexibility index (Phi) is 13.2. The lowest BCUT2D eigenvalue weighted by molar-refractivity contribution is -0.158. The summed E-state index contributed by atoms with van der Waals surface area (Å²) in [7, 11) is -4.53. The van der Waals surface area contributed by atoms with Crippen LogP contribution >= 0.6 is 7.82 Å². The van der Waals surface area contributed by atoms with Gasteiger partial charge in [-0.3, -0.25) is 9.05 Å². The summed E-state index contributed by atoms with van der Waals surface area (Å²) in [5.74, 6) is -0.862. The maximum atomic E-state index is 12.6. The minimum absolute atomic E-state index is 0.00550. The van der Waals surface area contributed by atoms with Crippen LogP contribution in [0.1, 0.15) is 84.3 Å². The molecule has 0 aromatic heterocycles. The summed E-state index contributed by atoms with van der Waals surface area (Å²) in [4.78, 5) is 47.2. The summed E-state index contributed by atoms with van der Waals surface area (Å²) in [6.07, 6.45) is 1.18. The van der Waals surface area contributed by atoms with Crippen molar-refractivity contribution in [3.8, 4) is 11.1 Å². The maximum Gasteiger partial charge on any atom is 0.472 e. The maximum absolute atomic E-state index is 12.6. The predicted octanol–water partition coefficient (Wildman–Crippen LogP) is 6.45. The molecular weight excluding hydrogens is 615 g/mol. The van der Waals surface area contributed by atoms with Crippen molar-refractivity contribution in [3.05, 3.63) is 59.7 Å². The number of carbonyl (C=O) groups excluding carboxylic acids is 3. The Morgan fingerprint density at radius 3 is 1.96 bits per heavy atom. The summed E-state index contributed by atoms with van der Waals surface area (Å²) >= 11 is 0. The zero-order chi connectivity index (χ0) is 34.0. The molecule has 1 aliphatic carbocycles. The van der Waals surface area contributed by atoms with E-state index in [1.54, 1.807) is 41.5 Å². The van der Waals surface area contributed by atoms with Crippen molar-refractivity contribution in [2.75, 3.05) is 26.4 Å². The van der Waals surface area contributed by atoms with Crippen LogP contribution in [0, 0.1) is 0 Å². The van der Waals surface area contributed by atoms with Crippen molar-refractivity contribution < 1.29 is 47.1 Å². The summed E-state index contributed by atoms with van der Waals surface area (Å²) < 4.78 is 38.4. The summed E-state index contributed by atoms with van der Waals surface area (Å²) in [6, 6.07) is 14.9. The molecule has 2 amide bonds. The van der Waals surface area contributed by atoms with E-state index in [0.29, 0.717) is 25.8 Å². The molecule has 1 aliphatic rings. The quantitative estimate of drug-likeness (QED) is 0.0837. The van der Waals surface area contributed by atoms with E-state index in [2.05, 4.69) is 34.9 Å². The third-order valence-electron chi connectivity index (χ3n) is 6.73. The normalized spacial score (nSPS) is 14.8. The van der Waals surface area contributed by atoms with E-state index in [0.717, 1.165) is 17.5 Å². The molecule has 0 fully saturated rings. The van der Waals surface area contributed by atoms with Crippen molar-refractivity contribution >= 4 is 26.0 Å². The number of amides is 2. The molecule has 2 unspecified atom stereocenters. The molecule has 3 rings (SSSR count). The number of unbranched alkanes of at least 4 members (excludes halogenated alkanes) is 3. The van der Waals surface area contributed by atoms with Crippen molar-refractivity contribution in [2.45, 2.75) is 90.4 Å². The summed E-state index contributed by atoms with van der Waals surface area (Å²) in [6.45, 7) is 9.85. The van der Waals surface area contributed by atoms with Gasteiger partial charge in [0.2, 0.25) is 0 Å². The third-order valence-corrected chi connectivity index (χ3v) is 7.71. The van der Waals surface area contributed by atoms with E-state index in [9.17, 15) is 23.8 Å². The molecule has 13 heteroatoms. The van der Waals surface area contributed by atoms with Gasteiger partial charge in [0.25, 0.3) is 0 Å². The van der Waals surface area contributed by atoms with E-state index in [4.69, 9.17) is 23.3 Å². The number of esters is 1. The average molecular weight is 663 g/mol. The highest BCUT2D eigenvalue weighted by Crippen LogP contribution is 2.45. The average Bonchev–Trinajstić information content (AvgIpc) is 3.27. The van der Waals surface area contributed by atoms with Crippen LogP contribution in [0.2, 0.25) is 0 Å². The number of alkyl carbamates (subject to hydrolysis) is 2. The van der Waals surface area contributed by atoms with Gasteiger partial charge in [0.15, 0.2) is 6.04 Å². The Bertz CT molecular complexity index is 1340. The van der Waals surface area contributed by atoms with Crippen LogP contribution in [0.4, 0.5) is 9.59 Å². The van der Waals surface area contributed by atoms with Gasteiger partial charge in [-0.2, -0.15) is 0 Å². The largest absolute Gasteiger partial charge is 0.472 e. The number of phosphoric acid groups is 1. The number of fused-ring (bicyclic) bond motifs is 3. The third kappa shape index (κ3) is 12.4. The molecule has 46 heavy (non-hydrogen) atoms. The molecule has 2 aromatic rings. The monoisotopic (exact) mass is 662 g/mol. The highest BCUT2D eigenvalue weighted by Gasteiger charge is 2.32. The molecule has 0 bridgehead atoms. The summed E-state index contributed by atoms with van der Waals surface area (Å²) in [5, 5.41) is 5.09. The van der Waals surface area contributed by atoms with Crippen LogP contribution in [-0.4, -0.2) is 66.7 Å². The Morgan fingerprint density at radius 2 is 1.37 bits per heavy atom. The van der Waals surface area contributed by atoms with Crippen molar-refractivity contribution in [2.24, 2.45) is 0 Å². The molecule has 0 heterocycles. The van der Waals surface area contributed by atoms with E-state index >= 15 is 0 Å². The van der Waals surface area contributed by atoms with E-state index < -0.39 is 49.8 Å². The Hall–Kier alpha value is -3.44. The van der Waals surface area contributed by atoms with Gasteiger partial charge in [0, 0.05) is 12.5 Å². The van der Waals surface area contributed by atoms with Crippen LogP contribution in [0.5, 0.6) is 0 Å². The first-order valence-corrected chi connectivity index (χ1v) is 17.0. The molecule has 0 saturated heterocycles. The molecule has 0 saturated carbocycles. The number of hydrogen-bond acceptors (Lipinski definition) is 9. The van der Waals surface area contributed by atoms with Crippen molar-refractivity contribution in [3.63, 3.8) is 0 Å².